The highest BCUT2D eigenvalue weighted by molar-refractivity contribution is 5.81. The molecule has 0 radical (unpaired) electrons. The van der Waals surface area contributed by atoms with Gasteiger partial charge in [-0.3, -0.25) is 4.79 Å². The van der Waals surface area contributed by atoms with E-state index in [-0.39, 0.29) is 5.91 Å². The molecule has 1 fully saturated rings. The van der Waals surface area contributed by atoms with E-state index >= 15 is 0 Å². The zero-order valence-electron chi connectivity index (χ0n) is 9.85. The predicted molar refractivity (Wildman–Crippen MR) is 57.7 cm³/mol. The summed E-state index contributed by atoms with van der Waals surface area (Å²) in [7, 11) is 0. The first-order valence-corrected chi connectivity index (χ1v) is 5.24. The van der Waals surface area contributed by atoms with Crippen molar-refractivity contribution in [1.29, 1.82) is 0 Å². The summed E-state index contributed by atoms with van der Waals surface area (Å²) >= 11 is 0. The van der Waals surface area contributed by atoms with Gasteiger partial charge in [0.1, 0.15) is 0 Å². The monoisotopic (exact) mass is 198 g/mol. The van der Waals surface area contributed by atoms with Crippen LogP contribution < -0.4 is 11.1 Å². The van der Waals surface area contributed by atoms with Crippen LogP contribution in [0.25, 0.3) is 0 Å². The van der Waals surface area contributed by atoms with Crippen molar-refractivity contribution in [2.45, 2.75) is 40.7 Å². The molecule has 3 N–H and O–H groups in total. The molecule has 0 heterocycles. The van der Waals surface area contributed by atoms with Gasteiger partial charge in [-0.05, 0) is 23.7 Å². The molecule has 1 rings (SSSR count). The second-order valence-electron chi connectivity index (χ2n) is 5.53. The Bertz CT molecular complexity index is 230. The van der Waals surface area contributed by atoms with Crippen LogP contribution in [0.1, 0.15) is 34.6 Å². The Morgan fingerprint density at radius 1 is 1.36 bits per heavy atom. The first-order valence-electron chi connectivity index (χ1n) is 5.24. The van der Waals surface area contributed by atoms with E-state index in [1.165, 1.54) is 0 Å². The lowest BCUT2D eigenvalue weighted by molar-refractivity contribution is -0.122. The molecule has 1 amide bonds. The fourth-order valence-electron chi connectivity index (χ4n) is 2.21. The molecular weight excluding hydrogens is 176 g/mol. The fraction of sp³-hybridized carbons (Fsp3) is 0.909. The first kappa shape index (κ1) is 11.5. The summed E-state index contributed by atoms with van der Waals surface area (Å²) in [5, 5.41) is 2.89. The average molecular weight is 198 g/mol. The minimum absolute atomic E-state index is 0.0523. The zero-order valence-corrected chi connectivity index (χ0v) is 9.85. The van der Waals surface area contributed by atoms with Crippen LogP contribution in [0.3, 0.4) is 0 Å². The summed E-state index contributed by atoms with van der Waals surface area (Å²) in [4.78, 5) is 11.3. The van der Waals surface area contributed by atoms with E-state index in [1.54, 1.807) is 6.92 Å². The van der Waals surface area contributed by atoms with Gasteiger partial charge in [-0.25, -0.2) is 0 Å². The van der Waals surface area contributed by atoms with Crippen molar-refractivity contribution < 1.29 is 4.79 Å². The molecule has 14 heavy (non-hydrogen) atoms. The molecule has 3 nitrogen and oxygen atoms in total. The van der Waals surface area contributed by atoms with Crippen LogP contribution in [0, 0.1) is 16.7 Å². The SMILES string of the molecule is C[C@H](N)C(=O)NCC1C(C)(C)C1(C)C. The van der Waals surface area contributed by atoms with Gasteiger partial charge in [-0.1, -0.05) is 27.7 Å². The fourth-order valence-corrected chi connectivity index (χ4v) is 2.21. The first-order chi connectivity index (χ1) is 6.21. The Morgan fingerprint density at radius 3 is 2.07 bits per heavy atom. The van der Waals surface area contributed by atoms with Gasteiger partial charge in [0.2, 0.25) is 5.91 Å². The Morgan fingerprint density at radius 2 is 1.79 bits per heavy atom. The average Bonchev–Trinajstić information content (AvgIpc) is 2.39. The molecule has 0 saturated heterocycles. The number of carbonyl (C=O) groups excluding carboxylic acids is 1. The summed E-state index contributed by atoms with van der Waals surface area (Å²) in [5.41, 5.74) is 6.13. The summed E-state index contributed by atoms with van der Waals surface area (Å²) in [5.74, 6) is 0.515. The molecule has 0 unspecified atom stereocenters. The number of rotatable bonds is 3. The van der Waals surface area contributed by atoms with Gasteiger partial charge in [-0.2, -0.15) is 0 Å². The molecule has 3 heteroatoms. The Labute approximate surface area is 86.4 Å². The van der Waals surface area contributed by atoms with Crippen molar-refractivity contribution in [1.82, 2.24) is 5.32 Å². The van der Waals surface area contributed by atoms with E-state index in [0.717, 1.165) is 6.54 Å². The maximum Gasteiger partial charge on any atom is 0.236 e. The molecule has 0 aromatic heterocycles. The van der Waals surface area contributed by atoms with E-state index in [2.05, 4.69) is 33.0 Å². The summed E-state index contributed by atoms with van der Waals surface area (Å²) in [6, 6.07) is -0.403. The zero-order chi connectivity index (χ0) is 11.1. The third-order valence-corrected chi connectivity index (χ3v) is 4.21. The van der Waals surface area contributed by atoms with Crippen LogP contribution in [0.4, 0.5) is 0 Å². The lowest BCUT2D eigenvalue weighted by Gasteiger charge is -2.08. The normalized spacial score (nSPS) is 25.6. The van der Waals surface area contributed by atoms with Crippen molar-refractivity contribution in [3.05, 3.63) is 0 Å². The number of nitrogens with one attached hydrogen (secondary N) is 1. The highest BCUT2D eigenvalue weighted by Gasteiger charge is 2.64. The maximum absolute atomic E-state index is 11.3. The second kappa shape index (κ2) is 3.23. The van der Waals surface area contributed by atoms with E-state index < -0.39 is 6.04 Å². The third kappa shape index (κ3) is 1.65. The number of hydrogen-bond acceptors (Lipinski definition) is 2. The molecule has 1 saturated carbocycles. The molecule has 0 aromatic rings. The van der Waals surface area contributed by atoms with Crippen LogP contribution in [0.5, 0.6) is 0 Å². The minimum atomic E-state index is -0.403. The smallest absolute Gasteiger partial charge is 0.236 e. The highest BCUT2D eigenvalue weighted by Crippen LogP contribution is 2.67. The number of nitrogens with two attached hydrogens (primary N) is 1. The Hall–Kier alpha value is -0.570. The van der Waals surface area contributed by atoms with Crippen molar-refractivity contribution in [3.63, 3.8) is 0 Å². The van der Waals surface area contributed by atoms with Crippen LogP contribution >= 0.6 is 0 Å². The quantitative estimate of drug-likeness (QED) is 0.714. The van der Waals surface area contributed by atoms with Crippen LogP contribution in [-0.2, 0) is 4.79 Å². The van der Waals surface area contributed by atoms with Gasteiger partial charge < -0.3 is 11.1 Å². The molecule has 0 bridgehead atoms. The molecule has 1 aliphatic carbocycles. The van der Waals surface area contributed by atoms with Crippen molar-refractivity contribution in [3.8, 4) is 0 Å². The van der Waals surface area contributed by atoms with E-state index in [1.807, 2.05) is 0 Å². The summed E-state index contributed by atoms with van der Waals surface area (Å²) in [6.45, 7) is 11.4. The maximum atomic E-state index is 11.3. The molecule has 1 atom stereocenters. The summed E-state index contributed by atoms with van der Waals surface area (Å²) in [6.07, 6.45) is 0. The van der Waals surface area contributed by atoms with E-state index in [0.29, 0.717) is 16.7 Å². The molecular formula is C11H22N2O. The lowest BCUT2D eigenvalue weighted by atomic mass is 10.0. The number of amides is 1. The Kier molecular flexibility index (Phi) is 2.65. The predicted octanol–water partition coefficient (Wildman–Crippen LogP) is 1.13. The molecule has 0 spiro atoms. The van der Waals surface area contributed by atoms with E-state index in [9.17, 15) is 4.79 Å². The van der Waals surface area contributed by atoms with Crippen molar-refractivity contribution >= 4 is 5.91 Å². The second-order valence-corrected chi connectivity index (χ2v) is 5.53. The lowest BCUT2D eigenvalue weighted by Crippen LogP contribution is -2.39. The molecule has 0 aromatic carbocycles. The van der Waals surface area contributed by atoms with Crippen LogP contribution in [0.15, 0.2) is 0 Å². The van der Waals surface area contributed by atoms with Gasteiger partial charge in [-0.15, -0.1) is 0 Å². The highest BCUT2D eigenvalue weighted by atomic mass is 16.2. The van der Waals surface area contributed by atoms with Crippen molar-refractivity contribution in [2.75, 3.05) is 6.54 Å². The van der Waals surface area contributed by atoms with Gasteiger partial charge in [0.15, 0.2) is 0 Å². The van der Waals surface area contributed by atoms with E-state index in [4.69, 9.17) is 5.73 Å². The van der Waals surface area contributed by atoms with Gasteiger partial charge in [0.25, 0.3) is 0 Å². The van der Waals surface area contributed by atoms with Gasteiger partial charge in [0.05, 0.1) is 6.04 Å². The number of hydrogen-bond donors (Lipinski definition) is 2. The molecule has 1 aliphatic rings. The van der Waals surface area contributed by atoms with Crippen LogP contribution in [0.2, 0.25) is 0 Å². The van der Waals surface area contributed by atoms with Gasteiger partial charge in [0, 0.05) is 6.54 Å². The molecule has 0 aliphatic heterocycles. The topological polar surface area (TPSA) is 55.1 Å². The Balaban J connectivity index is 2.40. The number of carbonyl (C=O) groups is 1. The largest absolute Gasteiger partial charge is 0.354 e. The third-order valence-electron chi connectivity index (χ3n) is 4.21. The standard InChI is InChI=1S/C11H22N2O/c1-7(12)9(14)13-6-8-10(2,3)11(8,4)5/h7-8H,6,12H2,1-5H3,(H,13,14)/t7-/m0/s1. The minimum Gasteiger partial charge on any atom is -0.354 e. The summed E-state index contributed by atoms with van der Waals surface area (Å²) < 4.78 is 0. The van der Waals surface area contributed by atoms with Crippen molar-refractivity contribution in [2.24, 2.45) is 22.5 Å². The van der Waals surface area contributed by atoms with Crippen LogP contribution in [-0.4, -0.2) is 18.5 Å². The van der Waals surface area contributed by atoms with Gasteiger partial charge >= 0.3 is 0 Å². The molecule has 82 valence electrons.